The molecule has 1 saturated heterocycles. The maximum Gasteiger partial charge on any atom is 0.246 e. The molecule has 0 spiro atoms. The van der Waals surface area contributed by atoms with Crippen LogP contribution in [-0.2, 0) is 11.8 Å². The summed E-state index contributed by atoms with van der Waals surface area (Å²) in [6.07, 6.45) is 9.63. The van der Waals surface area contributed by atoms with E-state index in [1.165, 1.54) is 6.08 Å². The highest BCUT2D eigenvalue weighted by Gasteiger charge is 2.63. The van der Waals surface area contributed by atoms with Gasteiger partial charge >= 0.3 is 0 Å². The van der Waals surface area contributed by atoms with Crippen LogP contribution in [0.25, 0.3) is 16.8 Å². The number of fused-ring (bicyclic) bond motifs is 2. The average Bonchev–Trinajstić information content (AvgIpc) is 3.43. The number of hydrogen-bond donors (Lipinski definition) is 0. The van der Waals surface area contributed by atoms with Crippen molar-refractivity contribution in [2.24, 2.45) is 18.4 Å². The summed E-state index contributed by atoms with van der Waals surface area (Å²) < 4.78 is 10.1. The van der Waals surface area contributed by atoms with Crippen LogP contribution in [-0.4, -0.2) is 53.9 Å². The van der Waals surface area contributed by atoms with E-state index < -0.39 is 0 Å². The molecule has 3 aromatic heterocycles. The first-order chi connectivity index (χ1) is 13.9. The van der Waals surface area contributed by atoms with Crippen LogP contribution in [0.5, 0.6) is 5.88 Å². The van der Waals surface area contributed by atoms with E-state index in [0.29, 0.717) is 11.8 Å². The van der Waals surface area contributed by atoms with E-state index >= 15 is 0 Å². The predicted octanol–water partition coefficient (Wildman–Crippen LogP) is 2.32. The van der Waals surface area contributed by atoms with E-state index in [0.717, 1.165) is 29.7 Å². The van der Waals surface area contributed by atoms with E-state index in [9.17, 15) is 4.79 Å². The summed E-state index contributed by atoms with van der Waals surface area (Å²) in [5.74, 6) is 0.855. The lowest BCUT2D eigenvalue weighted by molar-refractivity contribution is -0.152. The second kappa shape index (κ2) is 6.17. The first-order valence-electron chi connectivity index (χ1n) is 9.83. The molecular formula is C21H24N6O2. The molecule has 0 radical (unpaired) electrons. The highest BCUT2D eigenvalue weighted by molar-refractivity contribution is 5.87. The number of amides is 1. The molecule has 0 N–H and O–H groups in total. The van der Waals surface area contributed by atoms with Gasteiger partial charge in [0, 0.05) is 42.7 Å². The van der Waals surface area contributed by atoms with Gasteiger partial charge in [-0.05, 0) is 18.6 Å². The van der Waals surface area contributed by atoms with E-state index in [4.69, 9.17) is 9.72 Å². The van der Waals surface area contributed by atoms with Crippen molar-refractivity contribution in [3.8, 4) is 17.1 Å². The fraction of sp³-hybridized carbons (Fsp3) is 0.429. The van der Waals surface area contributed by atoms with E-state index in [1.54, 1.807) is 21.6 Å². The second-order valence-corrected chi connectivity index (χ2v) is 8.49. The van der Waals surface area contributed by atoms with E-state index in [1.807, 2.05) is 30.4 Å². The van der Waals surface area contributed by atoms with Crippen LogP contribution in [0.15, 0.2) is 43.5 Å². The molecule has 0 unspecified atom stereocenters. The Morgan fingerprint density at radius 1 is 1.34 bits per heavy atom. The molecule has 1 amide bonds. The molecular weight excluding hydrogens is 368 g/mol. The van der Waals surface area contributed by atoms with Gasteiger partial charge in [0.05, 0.1) is 24.3 Å². The molecule has 0 bridgehead atoms. The molecule has 150 valence electrons. The third kappa shape index (κ3) is 2.58. The lowest BCUT2D eigenvalue weighted by Gasteiger charge is -2.56. The van der Waals surface area contributed by atoms with Gasteiger partial charge in [-0.15, -0.1) is 0 Å². The standard InChI is InChI=1S/C21H24N6O2/c1-5-17(28)26-9-7-14-18(26)21(2,3)19(14)29-20-16-6-8-22-27(16)12-15(24-20)13-10-23-25(4)11-13/h5-6,8,10-12,14,18-19H,1,7,9H2,2-4H3/t14-,18+,19-/m1/s1. The molecule has 0 aromatic carbocycles. The Hall–Kier alpha value is -3.16. The fourth-order valence-electron chi connectivity index (χ4n) is 5.09. The average molecular weight is 392 g/mol. The summed E-state index contributed by atoms with van der Waals surface area (Å²) in [6.45, 7) is 8.71. The minimum Gasteiger partial charge on any atom is -0.472 e. The third-order valence-electron chi connectivity index (χ3n) is 6.38. The van der Waals surface area contributed by atoms with Crippen molar-refractivity contribution in [1.82, 2.24) is 29.3 Å². The van der Waals surface area contributed by atoms with Gasteiger partial charge in [-0.25, -0.2) is 9.50 Å². The van der Waals surface area contributed by atoms with Crippen molar-refractivity contribution in [1.29, 1.82) is 0 Å². The molecule has 3 aromatic rings. The van der Waals surface area contributed by atoms with E-state index in [2.05, 4.69) is 30.6 Å². The number of aryl methyl sites for hydroxylation is 1. The highest BCUT2D eigenvalue weighted by Crippen LogP contribution is 2.55. The lowest BCUT2D eigenvalue weighted by Crippen LogP contribution is -2.66. The molecule has 2 fully saturated rings. The Morgan fingerprint density at radius 3 is 2.90 bits per heavy atom. The number of likely N-dealkylation sites (tertiary alicyclic amines) is 1. The van der Waals surface area contributed by atoms with Gasteiger partial charge in [0.1, 0.15) is 11.6 Å². The number of ether oxygens (including phenoxy) is 1. The fourth-order valence-corrected chi connectivity index (χ4v) is 5.09. The number of aromatic nitrogens is 5. The molecule has 2 aliphatic rings. The zero-order valence-corrected chi connectivity index (χ0v) is 16.8. The Kier molecular flexibility index (Phi) is 3.81. The minimum absolute atomic E-state index is 0.00101. The number of carbonyl (C=O) groups excluding carboxylic acids is 1. The maximum absolute atomic E-state index is 12.2. The van der Waals surface area contributed by atoms with Crippen LogP contribution in [0.4, 0.5) is 0 Å². The van der Waals surface area contributed by atoms with Gasteiger partial charge in [0.2, 0.25) is 11.8 Å². The van der Waals surface area contributed by atoms with E-state index in [-0.39, 0.29) is 23.5 Å². The smallest absolute Gasteiger partial charge is 0.246 e. The lowest BCUT2D eigenvalue weighted by atomic mass is 9.57. The highest BCUT2D eigenvalue weighted by atomic mass is 16.5. The van der Waals surface area contributed by atoms with Crippen molar-refractivity contribution >= 4 is 11.4 Å². The second-order valence-electron chi connectivity index (χ2n) is 8.49. The quantitative estimate of drug-likeness (QED) is 0.637. The van der Waals surface area contributed by atoms with Gasteiger partial charge in [0.15, 0.2) is 0 Å². The SMILES string of the molecule is C=CC(=O)N1CC[C@H]2[C@@H](Oc3nc(-c4cnn(C)c4)cn4nccc34)C(C)(C)[C@H]21. The molecule has 8 heteroatoms. The maximum atomic E-state index is 12.2. The Morgan fingerprint density at radius 2 is 2.17 bits per heavy atom. The summed E-state index contributed by atoms with van der Waals surface area (Å²) in [7, 11) is 1.88. The van der Waals surface area contributed by atoms with Crippen molar-refractivity contribution in [2.45, 2.75) is 32.4 Å². The van der Waals surface area contributed by atoms with Crippen LogP contribution in [0.3, 0.4) is 0 Å². The summed E-state index contributed by atoms with van der Waals surface area (Å²) in [5, 5.41) is 8.62. The van der Waals surface area contributed by atoms with Crippen LogP contribution < -0.4 is 4.74 Å². The van der Waals surface area contributed by atoms with Crippen LogP contribution in [0.2, 0.25) is 0 Å². The Bertz CT molecular complexity index is 1110. The third-order valence-corrected chi connectivity index (χ3v) is 6.38. The molecule has 5 rings (SSSR count). The Balaban J connectivity index is 1.49. The van der Waals surface area contributed by atoms with Gasteiger partial charge in [-0.2, -0.15) is 10.2 Å². The predicted molar refractivity (Wildman–Crippen MR) is 107 cm³/mol. The normalized spacial score (nSPS) is 24.9. The monoisotopic (exact) mass is 392 g/mol. The van der Waals surface area contributed by atoms with Crippen molar-refractivity contribution in [3.05, 3.63) is 43.5 Å². The first kappa shape index (κ1) is 17.9. The summed E-state index contributed by atoms with van der Waals surface area (Å²) >= 11 is 0. The van der Waals surface area contributed by atoms with Crippen molar-refractivity contribution < 1.29 is 9.53 Å². The number of carbonyl (C=O) groups is 1. The minimum atomic E-state index is -0.178. The molecule has 1 aliphatic heterocycles. The molecule has 4 heterocycles. The zero-order chi connectivity index (χ0) is 20.3. The van der Waals surface area contributed by atoms with Crippen molar-refractivity contribution in [2.75, 3.05) is 6.54 Å². The first-order valence-corrected chi connectivity index (χ1v) is 9.83. The van der Waals surface area contributed by atoms with Gasteiger partial charge in [0.25, 0.3) is 0 Å². The largest absolute Gasteiger partial charge is 0.472 e. The van der Waals surface area contributed by atoms with Crippen LogP contribution >= 0.6 is 0 Å². The summed E-state index contributed by atoms with van der Waals surface area (Å²) in [5.41, 5.74) is 2.31. The van der Waals surface area contributed by atoms with Crippen LogP contribution in [0, 0.1) is 11.3 Å². The zero-order valence-electron chi connectivity index (χ0n) is 16.8. The van der Waals surface area contributed by atoms with Crippen LogP contribution in [0.1, 0.15) is 20.3 Å². The van der Waals surface area contributed by atoms with Gasteiger partial charge in [-0.1, -0.05) is 20.4 Å². The number of rotatable bonds is 4. The van der Waals surface area contributed by atoms with Crippen molar-refractivity contribution in [3.63, 3.8) is 0 Å². The summed E-state index contributed by atoms with van der Waals surface area (Å²) in [4.78, 5) is 19.0. The molecule has 29 heavy (non-hydrogen) atoms. The molecule has 3 atom stereocenters. The molecule has 8 nitrogen and oxygen atoms in total. The molecule has 1 saturated carbocycles. The van der Waals surface area contributed by atoms with Gasteiger partial charge in [-0.3, -0.25) is 9.48 Å². The number of hydrogen-bond acceptors (Lipinski definition) is 5. The Labute approximate surface area is 168 Å². The van der Waals surface area contributed by atoms with Gasteiger partial charge < -0.3 is 9.64 Å². The topological polar surface area (TPSA) is 77.6 Å². The number of nitrogens with zero attached hydrogens (tertiary/aromatic N) is 6. The summed E-state index contributed by atoms with van der Waals surface area (Å²) in [6, 6.07) is 2.07. The molecule has 1 aliphatic carbocycles.